The monoisotopic (exact) mass is 233 g/mol. The second-order valence-electron chi connectivity index (χ2n) is 2.49. The molecule has 0 aliphatic rings. The Kier molecular flexibility index (Phi) is 8.00. The number of hydrogen-bond donors (Lipinski definition) is 0. The predicted molar refractivity (Wildman–Crippen MR) is 49.9 cm³/mol. The summed E-state index contributed by atoms with van der Waals surface area (Å²) in [6.45, 7) is 8.34. The van der Waals surface area contributed by atoms with Crippen LogP contribution in [0.1, 0.15) is 20.3 Å². The fraction of sp³-hybridized carbons (Fsp3) is 0.750. The molecule has 0 aliphatic carbocycles. The molecule has 0 amide bonds. The molecule has 0 aliphatic heterocycles. The second kappa shape index (κ2) is 7.85. The van der Waals surface area contributed by atoms with E-state index in [1.54, 1.807) is 0 Å². The van der Waals surface area contributed by atoms with E-state index < -0.39 is 13.6 Å². The van der Waals surface area contributed by atoms with Gasteiger partial charge in [0, 0.05) is 0 Å². The van der Waals surface area contributed by atoms with E-state index in [-0.39, 0.29) is 9.76 Å². The van der Waals surface area contributed by atoms with Crippen LogP contribution in [0.3, 0.4) is 0 Å². The van der Waals surface area contributed by atoms with E-state index in [0.717, 1.165) is 28.9 Å². The molecule has 0 radical (unpaired) electrons. The Bertz CT molecular complexity index is 159. The summed E-state index contributed by atoms with van der Waals surface area (Å²) in [7, 11) is -0.315. The summed E-state index contributed by atoms with van der Waals surface area (Å²) in [4.78, 5) is 0. The minimum absolute atomic E-state index is 0.315. The Morgan fingerprint density at radius 3 is 2.83 bits per heavy atom. The molecule has 0 fully saturated rings. The average molecular weight is 233 g/mol. The molecule has 0 aromatic rings. The third kappa shape index (κ3) is 6.90. The molecule has 12 heavy (non-hydrogen) atoms. The van der Waals surface area contributed by atoms with Crippen molar-refractivity contribution in [2.75, 3.05) is 6.61 Å². The van der Waals surface area contributed by atoms with Crippen LogP contribution >= 0.6 is 0 Å². The molecular formula is C8H18CoO2Si. The van der Waals surface area contributed by atoms with Gasteiger partial charge in [0.2, 0.25) is 0 Å². The Morgan fingerprint density at radius 1 is 1.67 bits per heavy atom. The SMILES string of the molecule is C=[C](C)[Co](=[O])[CH2]CC[SiH2]OCC. The zero-order valence-electron chi connectivity index (χ0n) is 7.89. The summed E-state index contributed by atoms with van der Waals surface area (Å²) in [5, 5.41) is 0.794. The molecule has 4 heteroatoms. The summed E-state index contributed by atoms with van der Waals surface area (Å²) >= 11 is -1.12. The van der Waals surface area contributed by atoms with Gasteiger partial charge in [0.25, 0.3) is 0 Å². The Hall–Kier alpha value is 0.223. The predicted octanol–water partition coefficient (Wildman–Crippen LogP) is 1.83. The number of rotatable bonds is 7. The van der Waals surface area contributed by atoms with Gasteiger partial charge in [0.15, 0.2) is 0 Å². The number of allylic oxidation sites excluding steroid dienone is 1. The summed E-state index contributed by atoms with van der Waals surface area (Å²) in [6, 6.07) is 1.14. The first-order valence-electron chi connectivity index (χ1n) is 4.18. The fourth-order valence-corrected chi connectivity index (χ4v) is 3.10. The molecule has 0 heterocycles. The van der Waals surface area contributed by atoms with Gasteiger partial charge in [0.1, 0.15) is 0 Å². The minimum atomic E-state index is -1.12. The van der Waals surface area contributed by atoms with Gasteiger partial charge in [-0.1, -0.05) is 0 Å². The summed E-state index contributed by atoms with van der Waals surface area (Å²) in [5.41, 5.74) is 0. The quantitative estimate of drug-likeness (QED) is 0.495. The molecule has 0 saturated carbocycles. The van der Waals surface area contributed by atoms with E-state index in [9.17, 15) is 3.87 Å². The van der Waals surface area contributed by atoms with E-state index in [1.807, 2.05) is 13.8 Å². The Morgan fingerprint density at radius 2 is 2.33 bits per heavy atom. The standard InChI is InChI=1S/C5H13OSi.C3H5.Co.O/c1-3-5-7-6-4-2;1-3-2;;/h1,3-5,7H2,2H3;1H2,2H3;;. The van der Waals surface area contributed by atoms with Crippen molar-refractivity contribution >= 4 is 9.76 Å². The van der Waals surface area contributed by atoms with E-state index in [2.05, 4.69) is 6.58 Å². The van der Waals surface area contributed by atoms with Crippen LogP contribution in [0.4, 0.5) is 0 Å². The summed E-state index contributed by atoms with van der Waals surface area (Å²) in [5.74, 6) is 0. The molecule has 0 spiro atoms. The van der Waals surface area contributed by atoms with Gasteiger partial charge in [-0.15, -0.1) is 0 Å². The van der Waals surface area contributed by atoms with Crippen LogP contribution < -0.4 is 0 Å². The molecule has 0 aromatic heterocycles. The Balaban J connectivity index is 3.20. The van der Waals surface area contributed by atoms with Gasteiger partial charge in [-0.3, -0.25) is 0 Å². The molecule has 75 valence electrons. The first-order valence-corrected chi connectivity index (χ1v) is 7.44. The summed E-state index contributed by atoms with van der Waals surface area (Å²) in [6.07, 6.45) is 1.03. The van der Waals surface area contributed by atoms with Crippen LogP contribution in [0.25, 0.3) is 0 Å². The van der Waals surface area contributed by atoms with Crippen molar-refractivity contribution in [3.8, 4) is 0 Å². The van der Waals surface area contributed by atoms with Crippen molar-refractivity contribution < 1.29 is 21.9 Å². The molecule has 0 atom stereocenters. The summed E-state index contributed by atoms with van der Waals surface area (Å²) < 4.78 is 17.3. The molecular weight excluding hydrogens is 215 g/mol. The zero-order valence-corrected chi connectivity index (χ0v) is 10.3. The van der Waals surface area contributed by atoms with Gasteiger partial charge in [0.05, 0.1) is 0 Å². The third-order valence-electron chi connectivity index (χ3n) is 1.33. The van der Waals surface area contributed by atoms with Crippen molar-refractivity contribution in [3.63, 3.8) is 0 Å². The average Bonchev–Trinajstić information content (AvgIpc) is 2.03. The van der Waals surface area contributed by atoms with Gasteiger partial charge in [-0.2, -0.15) is 0 Å². The van der Waals surface area contributed by atoms with Crippen molar-refractivity contribution in [2.24, 2.45) is 0 Å². The van der Waals surface area contributed by atoms with Crippen molar-refractivity contribution in [1.82, 2.24) is 0 Å². The molecule has 0 N–H and O–H groups in total. The zero-order chi connectivity index (χ0) is 9.40. The first-order chi connectivity index (χ1) is 5.68. The molecule has 0 rings (SSSR count). The van der Waals surface area contributed by atoms with Crippen LogP contribution in [0.5, 0.6) is 0 Å². The maximum atomic E-state index is 11.2. The molecule has 0 aromatic carbocycles. The molecule has 0 unspecified atom stereocenters. The Labute approximate surface area is 81.3 Å². The van der Waals surface area contributed by atoms with Gasteiger partial charge in [-0.05, 0) is 0 Å². The van der Waals surface area contributed by atoms with E-state index in [1.165, 1.54) is 0 Å². The third-order valence-corrected chi connectivity index (χ3v) is 4.65. The van der Waals surface area contributed by atoms with Crippen LogP contribution in [-0.2, 0) is 21.9 Å². The van der Waals surface area contributed by atoms with Gasteiger partial charge in [-0.25, -0.2) is 0 Å². The normalized spacial score (nSPS) is 12.3. The fourth-order valence-electron chi connectivity index (χ4n) is 0.681. The van der Waals surface area contributed by atoms with Crippen molar-refractivity contribution in [2.45, 2.75) is 31.7 Å². The van der Waals surface area contributed by atoms with Crippen LogP contribution in [0, 0.1) is 0 Å². The second-order valence-corrected chi connectivity index (χ2v) is 6.30. The maximum absolute atomic E-state index is 11.2. The first kappa shape index (κ1) is 12.2. The van der Waals surface area contributed by atoms with Gasteiger partial charge < -0.3 is 0 Å². The van der Waals surface area contributed by atoms with E-state index >= 15 is 0 Å². The van der Waals surface area contributed by atoms with Gasteiger partial charge >= 0.3 is 81.0 Å². The van der Waals surface area contributed by atoms with Crippen LogP contribution in [0.15, 0.2) is 11.1 Å². The van der Waals surface area contributed by atoms with E-state index in [0.29, 0.717) is 0 Å². The van der Waals surface area contributed by atoms with Crippen molar-refractivity contribution in [3.05, 3.63) is 11.1 Å². The van der Waals surface area contributed by atoms with Crippen LogP contribution in [-0.4, -0.2) is 16.4 Å². The van der Waals surface area contributed by atoms with E-state index in [4.69, 9.17) is 4.43 Å². The van der Waals surface area contributed by atoms with Crippen LogP contribution in [0.2, 0.25) is 11.4 Å². The molecule has 0 bridgehead atoms. The molecule has 0 saturated heterocycles. The van der Waals surface area contributed by atoms with Crippen molar-refractivity contribution in [1.29, 1.82) is 0 Å². The molecule has 2 nitrogen and oxygen atoms in total. The number of hydrogen-bond acceptors (Lipinski definition) is 2. The topological polar surface area (TPSA) is 26.3 Å².